The first-order valence-corrected chi connectivity index (χ1v) is 16.3. The molecule has 0 atom stereocenters. The molecule has 0 aromatic heterocycles. The molecular formula is C46H36. The first-order chi connectivity index (χ1) is 22.5. The van der Waals surface area contributed by atoms with Gasteiger partial charge in [-0.1, -0.05) is 166 Å². The van der Waals surface area contributed by atoms with E-state index in [1.807, 2.05) is 0 Å². The molecule has 0 amide bonds. The molecule has 8 aromatic rings. The van der Waals surface area contributed by atoms with Crippen molar-refractivity contribution in [3.63, 3.8) is 0 Å². The Hall–Kier alpha value is -5.46. The Bertz CT molecular complexity index is 2390. The van der Waals surface area contributed by atoms with Crippen molar-refractivity contribution in [1.82, 2.24) is 0 Å². The van der Waals surface area contributed by atoms with Crippen LogP contribution in [-0.2, 0) is 5.41 Å². The highest BCUT2D eigenvalue weighted by molar-refractivity contribution is 6.28. The Morgan fingerprint density at radius 1 is 0.370 bits per heavy atom. The second-order valence-electron chi connectivity index (χ2n) is 13.7. The van der Waals surface area contributed by atoms with E-state index in [4.69, 9.17) is 0 Å². The number of rotatable bonds is 3. The Morgan fingerprint density at radius 2 is 0.848 bits per heavy atom. The quantitative estimate of drug-likeness (QED) is 0.193. The number of hydrogen-bond acceptors (Lipinski definition) is 0. The normalized spacial score (nSPS) is 12.2. The lowest BCUT2D eigenvalue weighted by Crippen LogP contribution is -2.13. The lowest BCUT2D eigenvalue weighted by atomic mass is 9.79. The summed E-state index contributed by atoms with van der Waals surface area (Å²) < 4.78 is 0. The zero-order valence-electron chi connectivity index (χ0n) is 26.4. The van der Waals surface area contributed by atoms with Gasteiger partial charge in [-0.05, 0) is 105 Å². The molecule has 9 rings (SSSR count). The molecule has 0 unspecified atom stereocenters. The summed E-state index contributed by atoms with van der Waals surface area (Å²) in [6.45, 7) is 7.00. The largest absolute Gasteiger partial charge is 0.0622 e. The van der Waals surface area contributed by atoms with Gasteiger partial charge in [0, 0.05) is 1.43 Å². The maximum Gasteiger partial charge on any atom is 0 e. The fraction of sp³-hybridized carbons (Fsp3) is 0.0870. The van der Waals surface area contributed by atoms with Gasteiger partial charge in [0.05, 0.1) is 0 Å². The Kier molecular flexibility index (Phi) is 5.86. The summed E-state index contributed by atoms with van der Waals surface area (Å²) >= 11 is 0. The van der Waals surface area contributed by atoms with Crippen molar-refractivity contribution in [3.8, 4) is 55.6 Å². The van der Waals surface area contributed by atoms with Gasteiger partial charge in [0.1, 0.15) is 0 Å². The van der Waals surface area contributed by atoms with E-state index in [1.54, 1.807) is 0 Å². The Labute approximate surface area is 272 Å². The van der Waals surface area contributed by atoms with Gasteiger partial charge in [-0.15, -0.1) is 0 Å². The molecule has 0 N–H and O–H groups in total. The van der Waals surface area contributed by atoms with Gasteiger partial charge in [-0.3, -0.25) is 0 Å². The molecule has 0 saturated carbocycles. The van der Waals surface area contributed by atoms with Crippen molar-refractivity contribution in [1.29, 1.82) is 0 Å². The summed E-state index contributed by atoms with van der Waals surface area (Å²) in [6, 6.07) is 56.3. The van der Waals surface area contributed by atoms with Crippen LogP contribution in [0, 0.1) is 0 Å². The third kappa shape index (κ3) is 3.93. The summed E-state index contributed by atoms with van der Waals surface area (Å²) in [5, 5.41) is 7.82. The molecule has 0 aliphatic heterocycles. The van der Waals surface area contributed by atoms with Gasteiger partial charge in [0.2, 0.25) is 0 Å². The standard InChI is InChI=1S/C46H34.H2/c1-46(2,3)40-28-32-20-11-10-19-31(32)27-39(40)33-25-26-38-43-34(33)23-14-24-37(43)44-41(29-15-6-4-7-16-29)35-21-12-13-22-36(35)42(45(38)44)30-17-8-5-9-18-30;/h4-28H,1-3H3;1H. The zero-order chi connectivity index (χ0) is 31.0. The average molecular weight is 589 g/mol. The minimum Gasteiger partial charge on any atom is -0.0622 e. The summed E-state index contributed by atoms with van der Waals surface area (Å²) in [7, 11) is 0. The van der Waals surface area contributed by atoms with Crippen molar-refractivity contribution in [3.05, 3.63) is 157 Å². The number of hydrogen-bond donors (Lipinski definition) is 0. The second kappa shape index (κ2) is 10.0. The highest BCUT2D eigenvalue weighted by Gasteiger charge is 2.31. The molecule has 0 heterocycles. The van der Waals surface area contributed by atoms with Crippen LogP contribution >= 0.6 is 0 Å². The Morgan fingerprint density at radius 3 is 1.43 bits per heavy atom. The monoisotopic (exact) mass is 588 g/mol. The summed E-state index contributed by atoms with van der Waals surface area (Å²) in [4.78, 5) is 0. The summed E-state index contributed by atoms with van der Waals surface area (Å²) in [6.07, 6.45) is 0. The van der Waals surface area contributed by atoms with Crippen LogP contribution in [0.2, 0.25) is 0 Å². The predicted molar refractivity (Wildman–Crippen MR) is 201 cm³/mol. The molecule has 0 bridgehead atoms. The third-order valence-corrected chi connectivity index (χ3v) is 9.90. The molecule has 0 spiro atoms. The predicted octanol–water partition coefficient (Wildman–Crippen LogP) is 13.3. The molecular weight excluding hydrogens is 553 g/mol. The van der Waals surface area contributed by atoms with Crippen LogP contribution in [0.1, 0.15) is 27.8 Å². The van der Waals surface area contributed by atoms with Crippen LogP contribution in [0.15, 0.2) is 152 Å². The molecule has 46 heavy (non-hydrogen) atoms. The Balaban J connectivity index is 0.00000324. The van der Waals surface area contributed by atoms with E-state index in [0.717, 1.165) is 0 Å². The number of fused-ring (bicyclic) bond motifs is 5. The van der Waals surface area contributed by atoms with Gasteiger partial charge in [0.15, 0.2) is 0 Å². The van der Waals surface area contributed by atoms with Gasteiger partial charge in [-0.25, -0.2) is 0 Å². The van der Waals surface area contributed by atoms with Crippen LogP contribution in [0.3, 0.4) is 0 Å². The smallest absolute Gasteiger partial charge is 0 e. The first kappa shape index (κ1) is 26.9. The highest BCUT2D eigenvalue weighted by atomic mass is 14.3. The molecule has 0 heteroatoms. The third-order valence-electron chi connectivity index (χ3n) is 9.90. The van der Waals surface area contributed by atoms with Gasteiger partial charge in [0.25, 0.3) is 0 Å². The van der Waals surface area contributed by atoms with Crippen LogP contribution in [0.25, 0.3) is 88.0 Å². The second-order valence-corrected chi connectivity index (χ2v) is 13.7. The minimum absolute atomic E-state index is 0. The van der Waals surface area contributed by atoms with E-state index >= 15 is 0 Å². The molecule has 0 radical (unpaired) electrons. The zero-order valence-corrected chi connectivity index (χ0v) is 26.4. The summed E-state index contributed by atoms with van der Waals surface area (Å²) in [5.41, 5.74) is 14.5. The van der Waals surface area contributed by atoms with Gasteiger partial charge >= 0.3 is 0 Å². The highest BCUT2D eigenvalue weighted by Crippen LogP contribution is 2.58. The van der Waals surface area contributed by atoms with Gasteiger partial charge in [-0.2, -0.15) is 0 Å². The van der Waals surface area contributed by atoms with E-state index in [-0.39, 0.29) is 6.84 Å². The van der Waals surface area contributed by atoms with Crippen LogP contribution in [0.4, 0.5) is 0 Å². The van der Waals surface area contributed by atoms with Crippen molar-refractivity contribution in [2.75, 3.05) is 0 Å². The first-order valence-electron chi connectivity index (χ1n) is 16.3. The van der Waals surface area contributed by atoms with E-state index in [2.05, 4.69) is 172 Å². The van der Waals surface area contributed by atoms with Crippen LogP contribution < -0.4 is 0 Å². The van der Waals surface area contributed by atoms with Crippen LogP contribution in [0.5, 0.6) is 0 Å². The minimum atomic E-state index is -0.0101. The molecule has 0 saturated heterocycles. The van der Waals surface area contributed by atoms with Crippen molar-refractivity contribution in [2.24, 2.45) is 0 Å². The topological polar surface area (TPSA) is 0 Å². The van der Waals surface area contributed by atoms with E-state index in [9.17, 15) is 0 Å². The maximum atomic E-state index is 2.42. The fourth-order valence-electron chi connectivity index (χ4n) is 7.93. The molecule has 220 valence electrons. The van der Waals surface area contributed by atoms with Crippen LogP contribution in [-0.4, -0.2) is 0 Å². The van der Waals surface area contributed by atoms with E-state index in [1.165, 1.54) is 93.5 Å². The molecule has 0 nitrogen and oxygen atoms in total. The van der Waals surface area contributed by atoms with Gasteiger partial charge < -0.3 is 0 Å². The van der Waals surface area contributed by atoms with Crippen molar-refractivity contribution in [2.45, 2.75) is 26.2 Å². The van der Waals surface area contributed by atoms with E-state index in [0.29, 0.717) is 0 Å². The molecule has 1 aliphatic rings. The van der Waals surface area contributed by atoms with E-state index < -0.39 is 0 Å². The summed E-state index contributed by atoms with van der Waals surface area (Å²) in [5.74, 6) is 0. The lowest BCUT2D eigenvalue weighted by molar-refractivity contribution is 0.593. The lowest BCUT2D eigenvalue weighted by Gasteiger charge is -2.25. The maximum absolute atomic E-state index is 2.42. The molecule has 1 aliphatic carbocycles. The average Bonchev–Trinajstić information content (AvgIpc) is 3.42. The fourth-order valence-corrected chi connectivity index (χ4v) is 7.93. The molecule has 0 fully saturated rings. The van der Waals surface area contributed by atoms with Crippen molar-refractivity contribution >= 4 is 32.3 Å². The molecule has 8 aromatic carbocycles. The number of benzene rings is 8. The van der Waals surface area contributed by atoms with Crippen molar-refractivity contribution < 1.29 is 1.43 Å². The SMILES string of the molecule is CC(C)(C)c1cc2ccccc2cc1-c1ccc2c3c(cccc13)-c1c-2c(-c2ccccc2)c2ccccc2c1-c1ccccc1.[HH].